The van der Waals surface area contributed by atoms with Gasteiger partial charge in [0.15, 0.2) is 0 Å². The van der Waals surface area contributed by atoms with Crippen LogP contribution in [-0.4, -0.2) is 49.5 Å². The summed E-state index contributed by atoms with van der Waals surface area (Å²) in [5.74, 6) is 0.0824. The molecule has 0 saturated carbocycles. The molecule has 1 amide bonds. The van der Waals surface area contributed by atoms with Crippen LogP contribution in [0.25, 0.3) is 0 Å². The van der Waals surface area contributed by atoms with Gasteiger partial charge in [0, 0.05) is 13.1 Å². The Labute approximate surface area is 147 Å². The molecule has 5 nitrogen and oxygen atoms in total. The molecule has 0 bridgehead atoms. The number of carbonyl (C=O) groups excluding carboxylic acids is 1. The standard InChI is InChI=1S/C20H21N3O2/c24-20-14-18(16-6-2-1-3-7-16)21-17-8-4-5-9-19(17)23(20)15-22-10-12-25-13-11-22/h1-9H,10-15H2. The first-order chi connectivity index (χ1) is 12.3. The molecule has 2 heterocycles. The number of amides is 1. The van der Waals surface area contributed by atoms with Gasteiger partial charge in [-0.2, -0.15) is 0 Å². The largest absolute Gasteiger partial charge is 0.379 e. The van der Waals surface area contributed by atoms with Crippen LogP contribution in [0.15, 0.2) is 59.6 Å². The van der Waals surface area contributed by atoms with E-state index >= 15 is 0 Å². The Morgan fingerprint density at radius 3 is 2.48 bits per heavy atom. The molecule has 2 aliphatic heterocycles. The van der Waals surface area contributed by atoms with E-state index < -0.39 is 0 Å². The summed E-state index contributed by atoms with van der Waals surface area (Å²) in [6, 6.07) is 17.8. The number of hydrogen-bond acceptors (Lipinski definition) is 4. The number of ether oxygens (including phenoxy) is 1. The van der Waals surface area contributed by atoms with E-state index in [1.807, 2.05) is 59.5 Å². The normalized spacial score (nSPS) is 18.5. The summed E-state index contributed by atoms with van der Waals surface area (Å²) >= 11 is 0. The second-order valence-corrected chi connectivity index (χ2v) is 6.28. The third-order valence-electron chi connectivity index (χ3n) is 4.60. The Balaban J connectivity index is 1.67. The average molecular weight is 335 g/mol. The fourth-order valence-corrected chi connectivity index (χ4v) is 3.24. The monoisotopic (exact) mass is 335 g/mol. The van der Waals surface area contributed by atoms with E-state index in [2.05, 4.69) is 4.90 Å². The molecular weight excluding hydrogens is 314 g/mol. The molecule has 0 unspecified atom stereocenters. The average Bonchev–Trinajstić information content (AvgIpc) is 2.80. The minimum absolute atomic E-state index is 0.0824. The highest BCUT2D eigenvalue weighted by Crippen LogP contribution is 2.33. The van der Waals surface area contributed by atoms with Crippen molar-refractivity contribution < 1.29 is 9.53 Å². The number of carbonyl (C=O) groups is 1. The lowest BCUT2D eigenvalue weighted by molar-refractivity contribution is -0.118. The van der Waals surface area contributed by atoms with Crippen molar-refractivity contribution in [1.82, 2.24) is 4.90 Å². The molecule has 5 heteroatoms. The lowest BCUT2D eigenvalue weighted by Gasteiger charge is -2.32. The Kier molecular flexibility index (Phi) is 4.59. The quantitative estimate of drug-likeness (QED) is 0.866. The van der Waals surface area contributed by atoms with Crippen molar-refractivity contribution in [2.45, 2.75) is 6.42 Å². The van der Waals surface area contributed by atoms with Gasteiger partial charge in [0.05, 0.1) is 43.4 Å². The third-order valence-corrected chi connectivity index (χ3v) is 4.60. The lowest BCUT2D eigenvalue weighted by atomic mass is 10.1. The number of morpholine rings is 1. The molecule has 0 aliphatic carbocycles. The second-order valence-electron chi connectivity index (χ2n) is 6.28. The zero-order valence-corrected chi connectivity index (χ0v) is 14.1. The molecule has 0 aromatic heterocycles. The van der Waals surface area contributed by atoms with Gasteiger partial charge in [0.1, 0.15) is 0 Å². The highest BCUT2D eigenvalue weighted by molar-refractivity contribution is 6.17. The maximum atomic E-state index is 13.0. The molecule has 1 saturated heterocycles. The third kappa shape index (κ3) is 3.48. The number of fused-ring (bicyclic) bond motifs is 1. The van der Waals surface area contributed by atoms with Crippen LogP contribution in [0.2, 0.25) is 0 Å². The van der Waals surface area contributed by atoms with Crippen LogP contribution in [0.3, 0.4) is 0 Å². The lowest BCUT2D eigenvalue weighted by Crippen LogP contribution is -2.46. The smallest absolute Gasteiger partial charge is 0.234 e. The highest BCUT2D eigenvalue weighted by Gasteiger charge is 2.26. The van der Waals surface area contributed by atoms with Gasteiger partial charge in [-0.15, -0.1) is 0 Å². The molecule has 2 aromatic rings. The Morgan fingerprint density at radius 1 is 0.960 bits per heavy atom. The van der Waals surface area contributed by atoms with Crippen molar-refractivity contribution in [3.05, 3.63) is 60.2 Å². The molecule has 0 spiro atoms. The molecule has 4 rings (SSSR count). The SMILES string of the molecule is O=C1CC(c2ccccc2)=Nc2ccccc2N1CN1CCOCC1. The summed E-state index contributed by atoms with van der Waals surface area (Å²) in [6.07, 6.45) is 0.309. The van der Waals surface area contributed by atoms with Gasteiger partial charge in [-0.3, -0.25) is 19.6 Å². The number of nitrogens with zero attached hydrogens (tertiary/aromatic N) is 3. The van der Waals surface area contributed by atoms with Crippen molar-refractivity contribution in [2.24, 2.45) is 4.99 Å². The van der Waals surface area contributed by atoms with Gasteiger partial charge >= 0.3 is 0 Å². The highest BCUT2D eigenvalue weighted by atomic mass is 16.5. The molecular formula is C20H21N3O2. The zero-order chi connectivity index (χ0) is 17.1. The van der Waals surface area contributed by atoms with E-state index in [0.29, 0.717) is 13.1 Å². The van der Waals surface area contributed by atoms with E-state index in [1.54, 1.807) is 0 Å². The molecule has 2 aliphatic rings. The maximum absolute atomic E-state index is 13.0. The fourth-order valence-electron chi connectivity index (χ4n) is 3.24. The van der Waals surface area contributed by atoms with Crippen LogP contribution in [0.4, 0.5) is 11.4 Å². The summed E-state index contributed by atoms with van der Waals surface area (Å²) in [6.45, 7) is 3.71. The second kappa shape index (κ2) is 7.17. The molecule has 0 N–H and O–H groups in total. The van der Waals surface area contributed by atoms with E-state index in [1.165, 1.54) is 0 Å². The number of anilines is 1. The van der Waals surface area contributed by atoms with Gasteiger partial charge < -0.3 is 4.74 Å². The van der Waals surface area contributed by atoms with Gasteiger partial charge in [-0.25, -0.2) is 0 Å². The Hall–Kier alpha value is -2.50. The van der Waals surface area contributed by atoms with Gasteiger partial charge in [0.25, 0.3) is 0 Å². The Morgan fingerprint density at radius 2 is 1.68 bits per heavy atom. The molecule has 0 radical (unpaired) electrons. The summed E-state index contributed by atoms with van der Waals surface area (Å²) in [5, 5.41) is 0. The molecule has 1 fully saturated rings. The van der Waals surface area contributed by atoms with Crippen LogP contribution in [0.5, 0.6) is 0 Å². The molecule has 25 heavy (non-hydrogen) atoms. The van der Waals surface area contributed by atoms with Crippen molar-refractivity contribution in [1.29, 1.82) is 0 Å². The van der Waals surface area contributed by atoms with E-state index in [9.17, 15) is 4.79 Å². The maximum Gasteiger partial charge on any atom is 0.234 e. The first-order valence-electron chi connectivity index (χ1n) is 8.64. The van der Waals surface area contributed by atoms with Gasteiger partial charge in [0.2, 0.25) is 5.91 Å². The van der Waals surface area contributed by atoms with Crippen molar-refractivity contribution in [3.8, 4) is 0 Å². The summed E-state index contributed by atoms with van der Waals surface area (Å²) in [4.78, 5) is 22.0. The summed E-state index contributed by atoms with van der Waals surface area (Å²) in [5.41, 5.74) is 3.55. The van der Waals surface area contributed by atoms with Crippen molar-refractivity contribution >= 4 is 23.0 Å². The topological polar surface area (TPSA) is 45.1 Å². The van der Waals surface area contributed by atoms with Gasteiger partial charge in [-0.1, -0.05) is 42.5 Å². The number of para-hydroxylation sites is 2. The minimum atomic E-state index is 0.0824. The minimum Gasteiger partial charge on any atom is -0.379 e. The van der Waals surface area contributed by atoms with E-state index in [0.717, 1.165) is 49.0 Å². The number of rotatable bonds is 3. The zero-order valence-electron chi connectivity index (χ0n) is 14.1. The first kappa shape index (κ1) is 16.0. The van der Waals surface area contributed by atoms with Crippen LogP contribution in [0, 0.1) is 0 Å². The molecule has 0 atom stereocenters. The fraction of sp³-hybridized carbons (Fsp3) is 0.300. The van der Waals surface area contributed by atoms with Crippen LogP contribution >= 0.6 is 0 Å². The van der Waals surface area contributed by atoms with Crippen LogP contribution < -0.4 is 4.90 Å². The van der Waals surface area contributed by atoms with Crippen molar-refractivity contribution in [3.63, 3.8) is 0 Å². The number of hydrogen-bond donors (Lipinski definition) is 0. The Bertz CT molecular complexity index is 783. The molecule has 2 aromatic carbocycles. The number of benzene rings is 2. The van der Waals surface area contributed by atoms with E-state index in [-0.39, 0.29) is 5.91 Å². The van der Waals surface area contributed by atoms with Crippen LogP contribution in [-0.2, 0) is 9.53 Å². The first-order valence-corrected chi connectivity index (χ1v) is 8.64. The van der Waals surface area contributed by atoms with E-state index in [4.69, 9.17) is 9.73 Å². The predicted molar refractivity (Wildman–Crippen MR) is 98.4 cm³/mol. The predicted octanol–water partition coefficient (Wildman–Crippen LogP) is 2.83. The van der Waals surface area contributed by atoms with Crippen LogP contribution in [0.1, 0.15) is 12.0 Å². The van der Waals surface area contributed by atoms with Crippen molar-refractivity contribution in [2.75, 3.05) is 37.9 Å². The summed E-state index contributed by atoms with van der Waals surface area (Å²) < 4.78 is 5.42. The molecule has 128 valence electrons. The van der Waals surface area contributed by atoms with Gasteiger partial charge in [-0.05, 0) is 17.7 Å². The summed E-state index contributed by atoms with van der Waals surface area (Å²) in [7, 11) is 0. The number of aliphatic imine (C=N–C) groups is 1.